The van der Waals surface area contributed by atoms with Gasteiger partial charge in [0.15, 0.2) is 5.65 Å². The van der Waals surface area contributed by atoms with Crippen molar-refractivity contribution in [3.8, 4) is 11.6 Å². The fourth-order valence-corrected chi connectivity index (χ4v) is 3.72. The van der Waals surface area contributed by atoms with Crippen LogP contribution in [0.3, 0.4) is 0 Å². The third-order valence-corrected chi connectivity index (χ3v) is 5.12. The number of rotatable bonds is 5. The fraction of sp³-hybridized carbons (Fsp3) is 0.0435. The van der Waals surface area contributed by atoms with Crippen LogP contribution >= 0.6 is 0 Å². The molecule has 32 heavy (non-hydrogen) atoms. The molecule has 0 bridgehead atoms. The molecule has 3 N–H and O–H groups in total. The first-order valence-electron chi connectivity index (χ1n) is 9.70. The second-order valence-corrected chi connectivity index (χ2v) is 7.08. The first-order valence-corrected chi connectivity index (χ1v) is 9.70. The van der Waals surface area contributed by atoms with Crippen LogP contribution in [0.25, 0.3) is 27.2 Å². The summed E-state index contributed by atoms with van der Waals surface area (Å²) in [7, 11) is 0. The molecule has 0 radical (unpaired) electrons. The Labute approximate surface area is 179 Å². The van der Waals surface area contributed by atoms with Gasteiger partial charge in [0, 0.05) is 11.5 Å². The van der Waals surface area contributed by atoms with Crippen molar-refractivity contribution in [3.63, 3.8) is 0 Å². The van der Waals surface area contributed by atoms with E-state index in [1.54, 1.807) is 6.07 Å². The number of H-pyrrole nitrogens is 1. The van der Waals surface area contributed by atoms with E-state index in [-0.39, 0.29) is 17.1 Å². The van der Waals surface area contributed by atoms with E-state index in [2.05, 4.69) is 15.4 Å². The molecule has 9 nitrogen and oxygen atoms in total. The standard InChI is InChI=1S/C23H16N4O5/c28-17-10-19(27-22(25-12-26-27)21(17)23(31)24-11-20(29)30)32-18-7-3-6-15-14-5-2-1-4-13(14)8-9-16(15)18/h1-10,12H,11H2,(H,24,31)(H,25,26)(H,29,30). The third kappa shape index (κ3) is 3.21. The van der Waals surface area contributed by atoms with Crippen LogP contribution in [0.1, 0.15) is 10.4 Å². The second kappa shape index (κ2) is 7.55. The van der Waals surface area contributed by atoms with Crippen molar-refractivity contribution < 1.29 is 19.4 Å². The number of carboxylic acid groups (broad SMARTS) is 1. The number of aliphatic carboxylic acids is 1. The maximum atomic E-state index is 12.7. The molecule has 0 fully saturated rings. The van der Waals surface area contributed by atoms with Crippen molar-refractivity contribution in [2.75, 3.05) is 6.54 Å². The van der Waals surface area contributed by atoms with E-state index < -0.39 is 23.9 Å². The number of ether oxygens (including phenoxy) is 1. The molecular formula is C23H16N4O5. The van der Waals surface area contributed by atoms with Crippen molar-refractivity contribution in [2.45, 2.75) is 0 Å². The van der Waals surface area contributed by atoms with E-state index >= 15 is 0 Å². The summed E-state index contributed by atoms with van der Waals surface area (Å²) in [6.07, 6.45) is 1.31. The van der Waals surface area contributed by atoms with Crippen molar-refractivity contribution in [1.29, 1.82) is 0 Å². The van der Waals surface area contributed by atoms with Gasteiger partial charge in [0.25, 0.3) is 5.91 Å². The largest absolute Gasteiger partial charge is 0.480 e. The van der Waals surface area contributed by atoms with Crippen LogP contribution in [0, 0.1) is 0 Å². The lowest BCUT2D eigenvalue weighted by atomic mass is 10.0. The summed E-state index contributed by atoms with van der Waals surface area (Å²) in [5.74, 6) is -1.39. The van der Waals surface area contributed by atoms with Crippen molar-refractivity contribution in [2.24, 2.45) is 0 Å². The first kappa shape index (κ1) is 19.3. The molecule has 5 aromatic rings. The third-order valence-electron chi connectivity index (χ3n) is 5.12. The van der Waals surface area contributed by atoms with Crippen LogP contribution in [0.4, 0.5) is 0 Å². The maximum Gasteiger partial charge on any atom is 0.322 e. The van der Waals surface area contributed by atoms with Crippen LogP contribution < -0.4 is 15.5 Å². The highest BCUT2D eigenvalue weighted by Gasteiger charge is 2.21. The highest BCUT2D eigenvalue weighted by atomic mass is 16.5. The SMILES string of the molecule is O=C(O)CNC(=O)c1c(=O)cc(Oc2cccc3c2ccc2ccccc23)n2[nH]cnc12. The number of nitrogens with zero attached hydrogens (tertiary/aromatic N) is 2. The number of pyridine rings is 1. The summed E-state index contributed by atoms with van der Waals surface area (Å²) >= 11 is 0. The van der Waals surface area contributed by atoms with Gasteiger partial charge in [-0.15, -0.1) is 0 Å². The molecule has 1 amide bonds. The first-order chi connectivity index (χ1) is 15.5. The molecule has 5 rings (SSSR count). The van der Waals surface area contributed by atoms with Gasteiger partial charge >= 0.3 is 5.97 Å². The van der Waals surface area contributed by atoms with E-state index in [1.165, 1.54) is 16.9 Å². The number of fused-ring (bicyclic) bond motifs is 4. The highest BCUT2D eigenvalue weighted by molar-refractivity contribution is 6.09. The van der Waals surface area contributed by atoms with E-state index in [1.807, 2.05) is 48.5 Å². The van der Waals surface area contributed by atoms with E-state index in [0.717, 1.165) is 21.5 Å². The Balaban J connectivity index is 1.61. The van der Waals surface area contributed by atoms with Gasteiger partial charge in [-0.25, -0.2) is 9.50 Å². The summed E-state index contributed by atoms with van der Waals surface area (Å²) < 4.78 is 7.45. The van der Waals surface area contributed by atoms with Gasteiger partial charge in [0.2, 0.25) is 11.3 Å². The van der Waals surface area contributed by atoms with E-state index in [4.69, 9.17) is 9.84 Å². The molecule has 0 aliphatic heterocycles. The highest BCUT2D eigenvalue weighted by Crippen LogP contribution is 2.34. The van der Waals surface area contributed by atoms with Crippen LogP contribution in [0.5, 0.6) is 11.6 Å². The molecule has 2 aromatic heterocycles. The lowest BCUT2D eigenvalue weighted by molar-refractivity contribution is -0.135. The van der Waals surface area contributed by atoms with Gasteiger partial charge in [-0.1, -0.05) is 42.5 Å². The number of amides is 1. The van der Waals surface area contributed by atoms with Crippen LogP contribution in [-0.2, 0) is 4.79 Å². The van der Waals surface area contributed by atoms with Crippen molar-refractivity contribution >= 4 is 39.1 Å². The molecule has 158 valence electrons. The number of aromatic amines is 1. The summed E-state index contributed by atoms with van der Waals surface area (Å²) in [5.41, 5.74) is -0.884. The average Bonchev–Trinajstić information content (AvgIpc) is 3.27. The Morgan fingerprint density at radius 1 is 1.03 bits per heavy atom. The summed E-state index contributed by atoms with van der Waals surface area (Å²) in [5, 5.41) is 17.8. The monoisotopic (exact) mass is 428 g/mol. The summed E-state index contributed by atoms with van der Waals surface area (Å²) in [6, 6.07) is 18.8. The molecule has 0 aliphatic rings. The Hall–Kier alpha value is -4.66. The molecule has 0 unspecified atom stereocenters. The zero-order valence-electron chi connectivity index (χ0n) is 16.5. The molecule has 0 aliphatic carbocycles. The van der Waals surface area contributed by atoms with Gasteiger partial charge in [-0.3, -0.25) is 19.5 Å². The molecule has 0 spiro atoms. The van der Waals surface area contributed by atoms with E-state index in [0.29, 0.717) is 5.75 Å². The topological polar surface area (TPSA) is 126 Å². The zero-order chi connectivity index (χ0) is 22.2. The lowest BCUT2D eigenvalue weighted by Crippen LogP contribution is -2.33. The molecule has 0 atom stereocenters. The molecular weight excluding hydrogens is 412 g/mol. The number of carbonyl (C=O) groups is 2. The number of carboxylic acids is 1. The minimum Gasteiger partial charge on any atom is -0.480 e. The molecule has 3 aromatic carbocycles. The van der Waals surface area contributed by atoms with E-state index in [9.17, 15) is 14.4 Å². The van der Waals surface area contributed by atoms with Crippen LogP contribution in [0.15, 0.2) is 71.8 Å². The van der Waals surface area contributed by atoms with Gasteiger partial charge < -0.3 is 15.2 Å². The number of hydrogen-bond acceptors (Lipinski definition) is 5. The maximum absolute atomic E-state index is 12.7. The smallest absolute Gasteiger partial charge is 0.322 e. The Bertz CT molecular complexity index is 1580. The van der Waals surface area contributed by atoms with Gasteiger partial charge in [0.1, 0.15) is 24.2 Å². The number of aromatic nitrogens is 3. The Morgan fingerprint density at radius 3 is 2.69 bits per heavy atom. The van der Waals surface area contributed by atoms with Crippen LogP contribution in [-0.4, -0.2) is 38.1 Å². The quantitative estimate of drug-likeness (QED) is 0.370. The molecule has 9 heteroatoms. The molecule has 0 saturated carbocycles. The van der Waals surface area contributed by atoms with Crippen LogP contribution in [0.2, 0.25) is 0 Å². The van der Waals surface area contributed by atoms with Gasteiger partial charge in [-0.05, 0) is 28.3 Å². The number of nitrogens with one attached hydrogen (secondary N) is 2. The number of carbonyl (C=O) groups excluding carboxylic acids is 1. The van der Waals surface area contributed by atoms with Crippen molar-refractivity contribution in [3.05, 3.63) is 82.8 Å². The Kier molecular flexibility index (Phi) is 4.55. The van der Waals surface area contributed by atoms with Gasteiger partial charge in [0.05, 0.1) is 0 Å². The fourth-order valence-electron chi connectivity index (χ4n) is 3.72. The molecule has 2 heterocycles. The van der Waals surface area contributed by atoms with Crippen molar-refractivity contribution in [1.82, 2.24) is 19.9 Å². The molecule has 0 saturated heterocycles. The summed E-state index contributed by atoms with van der Waals surface area (Å²) in [6.45, 7) is -0.614. The zero-order valence-corrected chi connectivity index (χ0v) is 16.5. The lowest BCUT2D eigenvalue weighted by Gasteiger charge is -2.12. The summed E-state index contributed by atoms with van der Waals surface area (Å²) in [4.78, 5) is 39.9. The number of benzene rings is 3. The average molecular weight is 428 g/mol. The predicted molar refractivity (Wildman–Crippen MR) is 117 cm³/mol. The predicted octanol–water partition coefficient (Wildman–Crippen LogP) is 2.94. The Morgan fingerprint density at radius 2 is 1.84 bits per heavy atom. The second-order valence-electron chi connectivity index (χ2n) is 7.08. The normalized spacial score (nSPS) is 11.1. The minimum absolute atomic E-state index is 0.0288. The number of hydrogen-bond donors (Lipinski definition) is 3. The van der Waals surface area contributed by atoms with Gasteiger partial charge in [-0.2, -0.15) is 0 Å². The minimum atomic E-state index is -1.22.